The standard InChI is InChI=1S/C60H98O30/c1-55(2)13-14-60(54(80)90-51-44(78)41(75)36(70)27(19-63)83-51)24(15-55)23-7-8-31-56(3)11-10-33(57(4,22-66)30(56)9-12-58(31,5)59(23,6)16-32(60)67)86-53-48(89-50-43(77)40(74)35(69)26(18-62)82-50)47(38(72)29(21-65)85-53)88-52-45(79)46(37(71)28(20-64)84-52)87-49-42(76)39(73)34(68)25(17-61)81-49/h7,24-53,61-79H,8-22H2,1-6H3/t24-,25+,26+,27+,28+,29+,30+,31+,32+,33-,34+,35+,36+,37+,38+,39-,40-,41-,42+,43+,44+,45+,46-,47-,48+,49-,50-,51-,52-,53-,56-,57+,58+,59+,60+/m0/s1. The lowest BCUT2D eigenvalue weighted by atomic mass is 9.33. The molecule has 30 heteroatoms. The summed E-state index contributed by atoms with van der Waals surface area (Å²) in [5, 5.41) is 208. The minimum atomic E-state index is -2.17. The molecule has 5 aliphatic heterocycles. The molecule has 90 heavy (non-hydrogen) atoms. The van der Waals surface area contributed by atoms with Crippen molar-refractivity contribution in [2.75, 3.05) is 39.6 Å². The Kier molecular flexibility index (Phi) is 20.9. The van der Waals surface area contributed by atoms with Gasteiger partial charge < -0.3 is 144 Å². The zero-order valence-corrected chi connectivity index (χ0v) is 51.5. The van der Waals surface area contributed by atoms with Crippen molar-refractivity contribution in [2.45, 2.75) is 265 Å². The third-order valence-corrected chi connectivity index (χ3v) is 23.7. The molecule has 9 fully saturated rings. The number of ether oxygens (including phenoxy) is 10. The van der Waals surface area contributed by atoms with Crippen molar-refractivity contribution in [2.24, 2.45) is 50.2 Å². The maximum absolute atomic E-state index is 14.9. The second kappa shape index (κ2) is 26.5. The molecule has 30 nitrogen and oxygen atoms in total. The summed E-state index contributed by atoms with van der Waals surface area (Å²) in [6.07, 6.45) is -42.5. The molecule has 10 aliphatic rings. The fraction of sp³-hybridized carbons (Fsp3) is 0.950. The van der Waals surface area contributed by atoms with Gasteiger partial charge in [-0.15, -0.1) is 0 Å². The Morgan fingerprint density at radius 1 is 0.467 bits per heavy atom. The monoisotopic (exact) mass is 1300 g/mol. The summed E-state index contributed by atoms with van der Waals surface area (Å²) in [5.74, 6) is -1.81. The number of rotatable bonds is 16. The fourth-order valence-electron chi connectivity index (χ4n) is 18.1. The Bertz CT molecular complexity index is 2490. The summed E-state index contributed by atoms with van der Waals surface area (Å²) < 4.78 is 60.4. The van der Waals surface area contributed by atoms with Crippen LogP contribution in [0.1, 0.15) is 99.3 Å². The van der Waals surface area contributed by atoms with Gasteiger partial charge in [0, 0.05) is 5.41 Å². The Morgan fingerprint density at radius 2 is 0.922 bits per heavy atom. The average Bonchev–Trinajstić information content (AvgIpc) is 0.673. The van der Waals surface area contributed by atoms with Gasteiger partial charge in [0.2, 0.25) is 6.29 Å². The van der Waals surface area contributed by atoms with E-state index in [4.69, 9.17) is 47.4 Å². The van der Waals surface area contributed by atoms with Crippen LogP contribution < -0.4 is 0 Å². The summed E-state index contributed by atoms with van der Waals surface area (Å²) in [6.45, 7) is 7.77. The van der Waals surface area contributed by atoms with E-state index < -0.39 is 244 Å². The molecule has 0 aromatic rings. The summed E-state index contributed by atoms with van der Waals surface area (Å²) in [7, 11) is 0. The number of esters is 1. The molecule has 0 bridgehead atoms. The number of aliphatic hydroxyl groups excluding tert-OH is 19. The van der Waals surface area contributed by atoms with E-state index >= 15 is 0 Å². The summed E-state index contributed by atoms with van der Waals surface area (Å²) in [4.78, 5) is 14.9. The first-order valence-electron chi connectivity index (χ1n) is 31.6. The predicted molar refractivity (Wildman–Crippen MR) is 298 cm³/mol. The molecular formula is C60H98O30. The number of aliphatic hydroxyl groups is 19. The second-order valence-electron chi connectivity index (χ2n) is 29.0. The van der Waals surface area contributed by atoms with E-state index in [1.807, 2.05) is 6.92 Å². The molecule has 4 saturated carbocycles. The van der Waals surface area contributed by atoms with E-state index in [9.17, 15) is 102 Å². The molecule has 10 rings (SSSR count). The third-order valence-electron chi connectivity index (χ3n) is 23.7. The Labute approximate surface area is 520 Å². The van der Waals surface area contributed by atoms with Gasteiger partial charge in [-0.25, -0.2) is 0 Å². The number of carbonyl (C=O) groups excluding carboxylic acids is 1. The third kappa shape index (κ3) is 11.6. The molecule has 518 valence electrons. The van der Waals surface area contributed by atoms with Crippen LogP contribution in [-0.2, 0) is 52.2 Å². The van der Waals surface area contributed by atoms with Crippen molar-refractivity contribution < 1.29 is 149 Å². The van der Waals surface area contributed by atoms with E-state index in [0.29, 0.717) is 38.5 Å². The predicted octanol–water partition coefficient (Wildman–Crippen LogP) is -6.27. The van der Waals surface area contributed by atoms with Crippen LogP contribution in [0.2, 0.25) is 0 Å². The number of fused-ring (bicyclic) bond motifs is 7. The maximum Gasteiger partial charge on any atom is 0.317 e. The van der Waals surface area contributed by atoms with Crippen molar-refractivity contribution in [3.8, 4) is 0 Å². The molecule has 0 unspecified atom stereocenters. The summed E-state index contributed by atoms with van der Waals surface area (Å²) >= 11 is 0. The van der Waals surface area contributed by atoms with Gasteiger partial charge in [-0.3, -0.25) is 4.79 Å². The lowest BCUT2D eigenvalue weighted by molar-refractivity contribution is -0.405. The lowest BCUT2D eigenvalue weighted by Gasteiger charge is -2.72. The van der Waals surface area contributed by atoms with E-state index in [1.165, 1.54) is 0 Å². The molecule has 0 amide bonds. The Hall–Kier alpha value is -1.91. The first-order valence-corrected chi connectivity index (χ1v) is 31.6. The first kappa shape index (κ1) is 70.9. The van der Waals surface area contributed by atoms with Gasteiger partial charge in [0.25, 0.3) is 0 Å². The van der Waals surface area contributed by atoms with Crippen LogP contribution in [0.25, 0.3) is 0 Å². The molecule has 0 aromatic carbocycles. The summed E-state index contributed by atoms with van der Waals surface area (Å²) in [6, 6.07) is 0. The number of hydrogen-bond acceptors (Lipinski definition) is 30. The van der Waals surface area contributed by atoms with Gasteiger partial charge >= 0.3 is 5.97 Å². The van der Waals surface area contributed by atoms with E-state index in [1.54, 1.807) is 0 Å². The van der Waals surface area contributed by atoms with Crippen LogP contribution >= 0.6 is 0 Å². The lowest BCUT2D eigenvalue weighted by Crippen LogP contribution is -2.70. The highest BCUT2D eigenvalue weighted by atomic mass is 16.8. The molecule has 19 N–H and O–H groups in total. The zero-order valence-electron chi connectivity index (χ0n) is 51.5. The zero-order chi connectivity index (χ0) is 65.9. The topological polar surface area (TPSA) is 494 Å². The number of allylic oxidation sites excluding steroid dienone is 2. The molecule has 5 heterocycles. The highest BCUT2D eigenvalue weighted by Gasteiger charge is 2.73. The highest BCUT2D eigenvalue weighted by molar-refractivity contribution is 5.80. The normalized spacial score (nSPS) is 54.5. The van der Waals surface area contributed by atoms with Gasteiger partial charge in [-0.1, -0.05) is 53.2 Å². The minimum Gasteiger partial charge on any atom is -0.432 e. The average molecular weight is 1300 g/mol. The molecule has 0 spiro atoms. The van der Waals surface area contributed by atoms with E-state index in [2.05, 4.69) is 40.7 Å². The van der Waals surface area contributed by atoms with Crippen LogP contribution in [0.15, 0.2) is 11.6 Å². The molecule has 0 radical (unpaired) electrons. The molecule has 5 aliphatic carbocycles. The van der Waals surface area contributed by atoms with Crippen LogP contribution in [0.5, 0.6) is 0 Å². The Morgan fingerprint density at radius 3 is 1.44 bits per heavy atom. The van der Waals surface area contributed by atoms with Crippen LogP contribution in [-0.4, -0.2) is 308 Å². The van der Waals surface area contributed by atoms with E-state index in [0.717, 1.165) is 5.57 Å². The van der Waals surface area contributed by atoms with Crippen molar-refractivity contribution in [1.29, 1.82) is 0 Å². The van der Waals surface area contributed by atoms with Crippen LogP contribution in [0, 0.1) is 50.2 Å². The molecule has 0 aromatic heterocycles. The maximum atomic E-state index is 14.9. The fourth-order valence-corrected chi connectivity index (χ4v) is 18.1. The quantitative estimate of drug-likeness (QED) is 0.0388. The van der Waals surface area contributed by atoms with Gasteiger partial charge in [0.1, 0.15) is 127 Å². The van der Waals surface area contributed by atoms with Crippen molar-refractivity contribution in [1.82, 2.24) is 0 Å². The number of carbonyl (C=O) groups is 1. The highest BCUT2D eigenvalue weighted by Crippen LogP contribution is 2.76. The van der Waals surface area contributed by atoms with Crippen molar-refractivity contribution in [3.63, 3.8) is 0 Å². The number of hydrogen-bond donors (Lipinski definition) is 19. The van der Waals surface area contributed by atoms with Crippen molar-refractivity contribution in [3.05, 3.63) is 11.6 Å². The van der Waals surface area contributed by atoms with Gasteiger partial charge in [-0.2, -0.15) is 0 Å². The van der Waals surface area contributed by atoms with Crippen LogP contribution in [0.4, 0.5) is 0 Å². The van der Waals surface area contributed by atoms with E-state index in [-0.39, 0.29) is 36.5 Å². The smallest absolute Gasteiger partial charge is 0.317 e. The van der Waals surface area contributed by atoms with Crippen molar-refractivity contribution >= 4 is 5.97 Å². The minimum absolute atomic E-state index is 0.113. The Balaban J connectivity index is 0.948. The first-order chi connectivity index (χ1) is 42.3. The van der Waals surface area contributed by atoms with Gasteiger partial charge in [-0.05, 0) is 97.2 Å². The van der Waals surface area contributed by atoms with Crippen LogP contribution in [0.3, 0.4) is 0 Å². The molecule has 5 saturated heterocycles. The second-order valence-corrected chi connectivity index (χ2v) is 29.0. The summed E-state index contributed by atoms with van der Waals surface area (Å²) in [5.41, 5.74) is -3.80. The van der Waals surface area contributed by atoms with Gasteiger partial charge in [0.15, 0.2) is 25.2 Å². The largest absolute Gasteiger partial charge is 0.432 e. The SMILES string of the molecule is CC1(C)CC[C@]2(C(=O)O[C@@H]3O[C@H](CO)[C@@H](O)[C@H](O)[C@H]3O)[C@H](O)C[C@]3(C)C(=CC[C@@H]4[C@@]5(C)CC[C@H](O[C@@H]6O[C@H](CO)[C@@H](O)[C@H](O[C@@H]7O[C@H](CO)[C@@H](O)[C@H](O[C@@H]8O[C@H](CO)[C@@H](O)[C@H](O)[C@H]8O)[C@H]7O)[C@H]6O[C@@H]6O[C@H](CO)[C@@H](O)[C@H](O)[C@H]6O)[C@](C)(CO)[C@@H]5CC[C@]43C)[C@@H]2C1. The molecular weight excluding hydrogens is 1200 g/mol. The molecule has 35 atom stereocenters. The van der Waals surface area contributed by atoms with Gasteiger partial charge in [0.05, 0.1) is 51.8 Å².